The average molecular weight is 361 g/mol. The molecule has 0 aromatic carbocycles. The van der Waals surface area contributed by atoms with Crippen molar-refractivity contribution in [3.05, 3.63) is 22.9 Å². The van der Waals surface area contributed by atoms with Crippen LogP contribution in [0.25, 0.3) is 6.08 Å². The normalized spacial score (nSPS) is 20.6. The number of piperidine rings is 1. The van der Waals surface area contributed by atoms with Crippen LogP contribution in [-0.2, 0) is 4.79 Å². The fourth-order valence-electron chi connectivity index (χ4n) is 3.01. The minimum atomic E-state index is -0.364. The fraction of sp³-hybridized carbons (Fsp3) is 0.529. The molecular weight excluding hydrogens is 338 g/mol. The maximum atomic E-state index is 11.6. The Bertz CT molecular complexity index is 683. The number of hydrogen-bond acceptors (Lipinski definition) is 7. The molecule has 0 saturated carbocycles. The number of thioether (sulfide) groups is 1. The van der Waals surface area contributed by atoms with Gasteiger partial charge in [0.1, 0.15) is 0 Å². The van der Waals surface area contributed by atoms with E-state index in [0.29, 0.717) is 16.5 Å². The Morgan fingerprint density at radius 1 is 1.36 bits per heavy atom. The van der Waals surface area contributed by atoms with Gasteiger partial charge in [-0.15, -0.1) is 0 Å². The quantitative estimate of drug-likeness (QED) is 0.803. The first-order chi connectivity index (χ1) is 12.0. The molecule has 2 fully saturated rings. The molecule has 0 unspecified atom stereocenters. The third-order valence-corrected chi connectivity index (χ3v) is 5.28. The summed E-state index contributed by atoms with van der Waals surface area (Å²) in [5.41, 5.74) is 0.645. The van der Waals surface area contributed by atoms with Crippen molar-refractivity contribution >= 4 is 34.9 Å². The lowest BCUT2D eigenvalue weighted by Crippen LogP contribution is -2.35. The van der Waals surface area contributed by atoms with E-state index < -0.39 is 0 Å². The van der Waals surface area contributed by atoms with Gasteiger partial charge in [-0.1, -0.05) is 0 Å². The molecule has 3 heterocycles. The van der Waals surface area contributed by atoms with Crippen molar-refractivity contribution in [1.82, 2.24) is 20.2 Å². The van der Waals surface area contributed by atoms with Crippen LogP contribution in [0.3, 0.4) is 0 Å². The molecule has 0 spiro atoms. The molecule has 7 nitrogen and oxygen atoms in total. The van der Waals surface area contributed by atoms with Gasteiger partial charge in [0.15, 0.2) is 0 Å². The van der Waals surface area contributed by atoms with Gasteiger partial charge in [-0.2, -0.15) is 0 Å². The van der Waals surface area contributed by atoms with Crippen molar-refractivity contribution in [2.75, 3.05) is 38.6 Å². The highest BCUT2D eigenvalue weighted by Crippen LogP contribution is 2.26. The fourth-order valence-corrected chi connectivity index (χ4v) is 3.68. The predicted octanol–water partition coefficient (Wildman–Crippen LogP) is 1.97. The highest BCUT2D eigenvalue weighted by molar-refractivity contribution is 8.18. The van der Waals surface area contributed by atoms with Crippen LogP contribution in [0.5, 0.6) is 0 Å². The lowest BCUT2D eigenvalue weighted by molar-refractivity contribution is -0.115. The summed E-state index contributed by atoms with van der Waals surface area (Å²) in [6.07, 6.45) is 6.87. The zero-order valence-corrected chi connectivity index (χ0v) is 15.4. The van der Waals surface area contributed by atoms with Crippen LogP contribution in [0.4, 0.5) is 10.7 Å². The standard InChI is InChI=1S/C17H23N5O2S/c1-21(2)8-4-12-5-9-22(10-6-12)16-18-7-3-13(19-16)11-14-15(23)20-17(24)25-14/h3,7,11-12H,4-6,8-10H2,1-2H3,(H,20,23,24). The lowest BCUT2D eigenvalue weighted by atomic mass is 9.93. The Labute approximate surface area is 151 Å². The van der Waals surface area contributed by atoms with Crippen LogP contribution in [0.15, 0.2) is 17.2 Å². The van der Waals surface area contributed by atoms with E-state index in [1.54, 1.807) is 18.3 Å². The van der Waals surface area contributed by atoms with E-state index in [1.807, 2.05) is 0 Å². The highest BCUT2D eigenvalue weighted by Gasteiger charge is 2.25. The molecule has 0 aliphatic carbocycles. The SMILES string of the molecule is CN(C)CCC1CCN(c2nccc(C=C3SC(=O)NC3=O)n2)CC1. The molecule has 0 bridgehead atoms. The van der Waals surface area contributed by atoms with E-state index in [2.05, 4.69) is 39.2 Å². The topological polar surface area (TPSA) is 78.4 Å². The summed E-state index contributed by atoms with van der Waals surface area (Å²) < 4.78 is 0. The molecule has 1 aromatic rings. The van der Waals surface area contributed by atoms with Gasteiger partial charge < -0.3 is 9.80 Å². The van der Waals surface area contributed by atoms with Gasteiger partial charge in [0.2, 0.25) is 5.95 Å². The van der Waals surface area contributed by atoms with Crippen molar-refractivity contribution in [1.29, 1.82) is 0 Å². The molecule has 2 saturated heterocycles. The van der Waals surface area contributed by atoms with Crippen LogP contribution in [0.2, 0.25) is 0 Å². The minimum Gasteiger partial charge on any atom is -0.341 e. The smallest absolute Gasteiger partial charge is 0.290 e. The molecule has 8 heteroatoms. The lowest BCUT2D eigenvalue weighted by Gasteiger charge is -2.32. The summed E-state index contributed by atoms with van der Waals surface area (Å²) in [4.78, 5) is 36.6. The first kappa shape index (κ1) is 17.9. The van der Waals surface area contributed by atoms with E-state index in [-0.39, 0.29) is 11.1 Å². The van der Waals surface area contributed by atoms with Crippen molar-refractivity contribution < 1.29 is 9.59 Å². The van der Waals surface area contributed by atoms with Crippen LogP contribution < -0.4 is 10.2 Å². The number of nitrogens with zero attached hydrogens (tertiary/aromatic N) is 4. The molecule has 2 aliphatic rings. The summed E-state index contributed by atoms with van der Waals surface area (Å²) in [6.45, 7) is 3.03. The van der Waals surface area contributed by atoms with Gasteiger partial charge in [0.25, 0.3) is 11.1 Å². The van der Waals surface area contributed by atoms with Crippen molar-refractivity contribution in [3.63, 3.8) is 0 Å². The molecule has 25 heavy (non-hydrogen) atoms. The van der Waals surface area contributed by atoms with Gasteiger partial charge in [0.05, 0.1) is 10.6 Å². The zero-order chi connectivity index (χ0) is 17.8. The third-order valence-electron chi connectivity index (χ3n) is 4.47. The number of carbonyl (C=O) groups is 2. The molecule has 1 aromatic heterocycles. The van der Waals surface area contributed by atoms with E-state index in [1.165, 1.54) is 6.42 Å². The number of hydrogen-bond donors (Lipinski definition) is 1. The van der Waals surface area contributed by atoms with Crippen molar-refractivity contribution in [2.24, 2.45) is 5.92 Å². The summed E-state index contributed by atoms with van der Waals surface area (Å²) in [5.74, 6) is 1.08. The van der Waals surface area contributed by atoms with E-state index in [9.17, 15) is 9.59 Å². The van der Waals surface area contributed by atoms with E-state index in [0.717, 1.165) is 50.2 Å². The number of amides is 2. The van der Waals surface area contributed by atoms with Gasteiger partial charge in [-0.25, -0.2) is 9.97 Å². The Morgan fingerprint density at radius 2 is 2.12 bits per heavy atom. The maximum absolute atomic E-state index is 11.6. The van der Waals surface area contributed by atoms with E-state index in [4.69, 9.17) is 0 Å². The minimum absolute atomic E-state index is 0.342. The van der Waals surface area contributed by atoms with Gasteiger partial charge in [-0.3, -0.25) is 14.9 Å². The molecular formula is C17H23N5O2S. The van der Waals surface area contributed by atoms with Gasteiger partial charge >= 0.3 is 0 Å². The van der Waals surface area contributed by atoms with Crippen LogP contribution in [0, 0.1) is 5.92 Å². The molecule has 134 valence electrons. The summed E-state index contributed by atoms with van der Waals surface area (Å²) in [6, 6.07) is 1.75. The number of imide groups is 1. The number of rotatable bonds is 5. The average Bonchev–Trinajstić information content (AvgIpc) is 2.91. The first-order valence-electron chi connectivity index (χ1n) is 8.49. The number of carbonyl (C=O) groups excluding carboxylic acids is 2. The van der Waals surface area contributed by atoms with Crippen LogP contribution in [-0.4, -0.2) is 59.7 Å². The predicted molar refractivity (Wildman–Crippen MR) is 99.2 cm³/mol. The monoisotopic (exact) mass is 361 g/mol. The molecule has 1 N–H and O–H groups in total. The number of anilines is 1. The molecule has 0 radical (unpaired) electrons. The van der Waals surface area contributed by atoms with Crippen LogP contribution in [0.1, 0.15) is 25.0 Å². The molecule has 0 atom stereocenters. The van der Waals surface area contributed by atoms with Crippen molar-refractivity contribution in [2.45, 2.75) is 19.3 Å². The van der Waals surface area contributed by atoms with Gasteiger partial charge in [-0.05, 0) is 69.7 Å². The van der Waals surface area contributed by atoms with Crippen LogP contribution >= 0.6 is 11.8 Å². The summed E-state index contributed by atoms with van der Waals surface area (Å²) in [5, 5.41) is 1.91. The third kappa shape index (κ3) is 4.79. The Balaban J connectivity index is 1.62. The highest BCUT2D eigenvalue weighted by atomic mass is 32.2. The Kier molecular flexibility index (Phi) is 5.70. The summed E-state index contributed by atoms with van der Waals surface area (Å²) >= 11 is 0.902. The summed E-state index contributed by atoms with van der Waals surface area (Å²) in [7, 11) is 4.22. The second-order valence-electron chi connectivity index (χ2n) is 6.66. The Morgan fingerprint density at radius 3 is 2.76 bits per heavy atom. The Hall–Kier alpha value is -1.93. The first-order valence-corrected chi connectivity index (χ1v) is 9.30. The second kappa shape index (κ2) is 7.97. The van der Waals surface area contributed by atoms with Gasteiger partial charge in [0, 0.05) is 19.3 Å². The molecule has 2 aliphatic heterocycles. The molecule has 3 rings (SSSR count). The number of nitrogens with one attached hydrogen (secondary N) is 1. The second-order valence-corrected chi connectivity index (χ2v) is 7.67. The maximum Gasteiger partial charge on any atom is 0.290 e. The van der Waals surface area contributed by atoms with Crippen molar-refractivity contribution in [3.8, 4) is 0 Å². The molecule has 2 amide bonds. The zero-order valence-electron chi connectivity index (χ0n) is 14.6. The van der Waals surface area contributed by atoms with E-state index >= 15 is 0 Å². The number of aromatic nitrogens is 2. The largest absolute Gasteiger partial charge is 0.341 e.